The first-order valence-electron chi connectivity index (χ1n) is 11.8. The van der Waals surface area contributed by atoms with Gasteiger partial charge in [-0.25, -0.2) is 13.8 Å². The number of hydrogen-bond donors (Lipinski definition) is 2. The SMILES string of the molecule is Cc1cc(N=C/C(F)=C\N)c2cccc(OCc3c(Cl)cc(F)cc3CN3C(=O)C(C)NC(=O)C3C)c2n1. The molecular weight excluding hydrogens is 516 g/mol. The van der Waals surface area contributed by atoms with E-state index >= 15 is 0 Å². The second kappa shape index (κ2) is 11.1. The molecule has 1 aliphatic heterocycles. The van der Waals surface area contributed by atoms with Crippen molar-refractivity contribution < 1.29 is 23.1 Å². The number of nitrogens with two attached hydrogens (primary N) is 1. The number of allylic oxidation sites excluding steroid dienone is 1. The van der Waals surface area contributed by atoms with Crippen molar-refractivity contribution in [3.05, 3.63) is 76.1 Å². The Morgan fingerprint density at radius 1 is 1.29 bits per heavy atom. The fraction of sp³-hybridized carbons (Fsp3) is 0.259. The van der Waals surface area contributed by atoms with Crippen molar-refractivity contribution in [2.75, 3.05) is 0 Å². The third-order valence-corrected chi connectivity index (χ3v) is 6.56. The summed E-state index contributed by atoms with van der Waals surface area (Å²) in [5.41, 5.74) is 7.65. The predicted molar refractivity (Wildman–Crippen MR) is 141 cm³/mol. The maximum absolute atomic E-state index is 14.4. The topological polar surface area (TPSA) is 110 Å². The molecule has 0 spiro atoms. The van der Waals surface area contributed by atoms with Crippen LogP contribution in [-0.2, 0) is 22.7 Å². The number of carbonyl (C=O) groups excluding carboxylic acids is 2. The van der Waals surface area contributed by atoms with Crippen molar-refractivity contribution in [2.24, 2.45) is 10.7 Å². The van der Waals surface area contributed by atoms with Crippen LogP contribution in [0.5, 0.6) is 5.75 Å². The molecular formula is C27H26ClF2N5O3. The molecule has 38 heavy (non-hydrogen) atoms. The summed E-state index contributed by atoms with van der Waals surface area (Å²) < 4.78 is 34.0. The molecule has 198 valence electrons. The number of ether oxygens (including phenoxy) is 1. The second-order valence-electron chi connectivity index (χ2n) is 8.93. The molecule has 0 bridgehead atoms. The summed E-state index contributed by atoms with van der Waals surface area (Å²) in [6, 6.07) is 7.94. The molecule has 3 N–H and O–H groups in total. The quantitative estimate of drug-likeness (QED) is 0.424. The van der Waals surface area contributed by atoms with Crippen molar-refractivity contribution >= 4 is 46.2 Å². The highest BCUT2D eigenvalue weighted by molar-refractivity contribution is 6.31. The van der Waals surface area contributed by atoms with Gasteiger partial charge in [-0.3, -0.25) is 14.6 Å². The Morgan fingerprint density at radius 2 is 2.05 bits per heavy atom. The van der Waals surface area contributed by atoms with Crippen LogP contribution in [-0.4, -0.2) is 40.0 Å². The van der Waals surface area contributed by atoms with Crippen molar-refractivity contribution in [3.63, 3.8) is 0 Å². The van der Waals surface area contributed by atoms with Gasteiger partial charge in [-0.15, -0.1) is 0 Å². The fourth-order valence-electron chi connectivity index (χ4n) is 4.21. The lowest BCUT2D eigenvalue weighted by Gasteiger charge is -2.36. The highest BCUT2D eigenvalue weighted by atomic mass is 35.5. The van der Waals surface area contributed by atoms with Crippen LogP contribution in [0.15, 0.2) is 53.4 Å². The highest BCUT2D eigenvalue weighted by Crippen LogP contribution is 2.33. The third-order valence-electron chi connectivity index (χ3n) is 6.22. The van der Waals surface area contributed by atoms with Gasteiger partial charge in [-0.05, 0) is 50.6 Å². The minimum Gasteiger partial charge on any atom is -0.487 e. The van der Waals surface area contributed by atoms with E-state index in [2.05, 4.69) is 15.3 Å². The van der Waals surface area contributed by atoms with Crippen molar-refractivity contribution in [1.29, 1.82) is 0 Å². The average Bonchev–Trinajstić information content (AvgIpc) is 2.87. The minimum absolute atomic E-state index is 0.0279. The van der Waals surface area contributed by atoms with Gasteiger partial charge in [0.05, 0.1) is 16.9 Å². The van der Waals surface area contributed by atoms with Crippen molar-refractivity contribution in [1.82, 2.24) is 15.2 Å². The molecule has 2 amide bonds. The number of fused-ring (bicyclic) bond motifs is 1. The van der Waals surface area contributed by atoms with Gasteiger partial charge in [0.15, 0.2) is 5.83 Å². The van der Waals surface area contributed by atoms with Gasteiger partial charge in [0.1, 0.15) is 35.8 Å². The molecule has 1 fully saturated rings. The summed E-state index contributed by atoms with van der Waals surface area (Å²) in [5, 5.41) is 3.36. The van der Waals surface area contributed by atoms with E-state index in [-0.39, 0.29) is 30.0 Å². The number of piperazine rings is 1. The summed E-state index contributed by atoms with van der Waals surface area (Å²) in [6.07, 6.45) is 1.82. The normalized spacial score (nSPS) is 18.4. The van der Waals surface area contributed by atoms with Crippen LogP contribution in [0.1, 0.15) is 30.7 Å². The highest BCUT2D eigenvalue weighted by Gasteiger charge is 2.36. The van der Waals surface area contributed by atoms with Crippen LogP contribution in [0.4, 0.5) is 14.5 Å². The minimum atomic E-state index is -0.738. The Labute approximate surface area is 223 Å². The molecule has 4 rings (SSSR count). The predicted octanol–water partition coefficient (Wildman–Crippen LogP) is 4.62. The zero-order valence-corrected chi connectivity index (χ0v) is 21.7. The van der Waals surface area contributed by atoms with E-state index in [0.29, 0.717) is 39.2 Å². The van der Waals surface area contributed by atoms with Crippen LogP contribution in [0.25, 0.3) is 10.9 Å². The number of aromatic nitrogens is 1. The Hall–Kier alpha value is -4.05. The molecule has 2 unspecified atom stereocenters. The molecule has 0 saturated carbocycles. The van der Waals surface area contributed by atoms with Crippen molar-refractivity contribution in [3.8, 4) is 5.75 Å². The third kappa shape index (κ3) is 5.60. The average molecular weight is 542 g/mol. The Kier molecular flexibility index (Phi) is 7.91. The van der Waals surface area contributed by atoms with Crippen LogP contribution < -0.4 is 15.8 Å². The lowest BCUT2D eigenvalue weighted by molar-refractivity contribution is -0.148. The first kappa shape index (κ1) is 27.0. The van der Waals surface area contributed by atoms with E-state index in [1.54, 1.807) is 45.0 Å². The van der Waals surface area contributed by atoms with E-state index in [4.69, 9.17) is 22.1 Å². The fourth-order valence-corrected chi connectivity index (χ4v) is 4.49. The number of nitrogens with zero attached hydrogens (tertiary/aromatic N) is 3. The maximum atomic E-state index is 14.4. The molecule has 1 aromatic heterocycles. The lowest BCUT2D eigenvalue weighted by atomic mass is 10.0. The van der Waals surface area contributed by atoms with E-state index in [1.807, 2.05) is 0 Å². The largest absolute Gasteiger partial charge is 0.487 e. The van der Waals surface area contributed by atoms with Crippen LogP contribution in [0, 0.1) is 12.7 Å². The molecule has 1 aliphatic rings. The molecule has 3 aromatic rings. The number of carbonyl (C=O) groups is 2. The van der Waals surface area contributed by atoms with Crippen LogP contribution in [0.2, 0.25) is 5.02 Å². The van der Waals surface area contributed by atoms with Crippen molar-refractivity contribution in [2.45, 2.75) is 46.0 Å². The maximum Gasteiger partial charge on any atom is 0.245 e. The molecule has 11 heteroatoms. The number of aliphatic imine (C=N–C) groups is 1. The number of halogens is 3. The van der Waals surface area contributed by atoms with E-state index in [9.17, 15) is 18.4 Å². The summed E-state index contributed by atoms with van der Waals surface area (Å²) in [5.74, 6) is -1.44. The summed E-state index contributed by atoms with van der Waals surface area (Å²) in [6.45, 7) is 4.88. The zero-order chi connectivity index (χ0) is 27.6. The first-order valence-corrected chi connectivity index (χ1v) is 12.2. The number of rotatable bonds is 7. The number of amides is 2. The van der Waals surface area contributed by atoms with Gasteiger partial charge >= 0.3 is 0 Å². The molecule has 0 radical (unpaired) electrons. The number of nitrogens with one attached hydrogen (secondary N) is 1. The number of aryl methyl sites for hydroxylation is 1. The standard InChI is InChI=1S/C27H26ClF2N5O3/c1-14-7-23(32-11-19(30)10-31)20-5-4-6-24(25(20)33-14)38-13-21-17(8-18(29)9-22(21)28)12-35-16(3)26(36)34-15(2)27(35)37/h4-11,15-16H,12-13,31H2,1-3H3,(H,34,36)/b19-10+,32-11?. The van der Waals surface area contributed by atoms with E-state index in [0.717, 1.165) is 12.4 Å². The summed E-state index contributed by atoms with van der Waals surface area (Å²) in [4.78, 5) is 35.2. The number of hydrogen-bond acceptors (Lipinski definition) is 6. The summed E-state index contributed by atoms with van der Waals surface area (Å²) in [7, 11) is 0. The van der Waals surface area contributed by atoms with E-state index < -0.39 is 23.7 Å². The Bertz CT molecular complexity index is 1480. The smallest absolute Gasteiger partial charge is 0.245 e. The van der Waals surface area contributed by atoms with Crippen LogP contribution in [0.3, 0.4) is 0 Å². The van der Waals surface area contributed by atoms with Gasteiger partial charge < -0.3 is 20.7 Å². The molecule has 0 aliphatic carbocycles. The number of para-hydroxylation sites is 1. The number of benzene rings is 2. The molecule has 2 heterocycles. The van der Waals surface area contributed by atoms with Crippen LogP contribution >= 0.6 is 11.6 Å². The van der Waals surface area contributed by atoms with Gasteiger partial charge in [-0.1, -0.05) is 23.7 Å². The Morgan fingerprint density at radius 3 is 2.79 bits per heavy atom. The number of pyridine rings is 1. The van der Waals surface area contributed by atoms with E-state index in [1.165, 1.54) is 17.0 Å². The second-order valence-corrected chi connectivity index (χ2v) is 9.34. The summed E-state index contributed by atoms with van der Waals surface area (Å²) >= 11 is 6.41. The molecule has 8 nitrogen and oxygen atoms in total. The first-order chi connectivity index (χ1) is 18.1. The molecule has 1 saturated heterocycles. The Balaban J connectivity index is 1.67. The molecule has 2 atom stereocenters. The lowest BCUT2D eigenvalue weighted by Crippen LogP contribution is -2.61. The van der Waals surface area contributed by atoms with Gasteiger partial charge in [-0.2, -0.15) is 0 Å². The van der Waals surface area contributed by atoms with Gasteiger partial charge in [0, 0.05) is 29.4 Å². The monoisotopic (exact) mass is 541 g/mol. The molecule has 2 aromatic carbocycles. The van der Waals surface area contributed by atoms with Gasteiger partial charge in [0.25, 0.3) is 0 Å². The zero-order valence-electron chi connectivity index (χ0n) is 21.0. The van der Waals surface area contributed by atoms with Gasteiger partial charge in [0.2, 0.25) is 11.8 Å².